The monoisotopic (exact) mass is 330 g/mol. The van der Waals surface area contributed by atoms with Gasteiger partial charge in [0.1, 0.15) is 5.82 Å². The molecule has 8 heteroatoms. The Labute approximate surface area is 130 Å². The second-order valence-electron chi connectivity index (χ2n) is 5.62. The highest BCUT2D eigenvalue weighted by Gasteiger charge is 2.31. The van der Waals surface area contributed by atoms with Crippen LogP contribution >= 0.6 is 11.6 Å². The number of nitrogens with zero attached hydrogens (tertiary/aromatic N) is 4. The summed E-state index contributed by atoms with van der Waals surface area (Å²) in [6, 6.07) is 1.98. The van der Waals surface area contributed by atoms with Gasteiger partial charge in [0.2, 0.25) is 5.28 Å². The van der Waals surface area contributed by atoms with Crippen LogP contribution in [0.1, 0.15) is 19.8 Å². The van der Waals surface area contributed by atoms with E-state index in [1.165, 1.54) is 0 Å². The van der Waals surface area contributed by atoms with Crippen molar-refractivity contribution in [2.45, 2.75) is 31.1 Å². The quantitative estimate of drug-likeness (QED) is 0.795. The van der Waals surface area contributed by atoms with Gasteiger partial charge in [0.15, 0.2) is 5.82 Å². The van der Waals surface area contributed by atoms with E-state index in [1.54, 1.807) is 12.3 Å². The molecule has 116 valence electrons. The van der Waals surface area contributed by atoms with E-state index < -0.39 is 9.73 Å². The molecule has 1 aliphatic carbocycles. The van der Waals surface area contributed by atoms with Crippen LogP contribution in [0.4, 0.5) is 11.6 Å². The summed E-state index contributed by atoms with van der Waals surface area (Å²) in [5, 5.41) is 0.327. The lowest BCUT2D eigenvalue weighted by atomic mass is 10.2. The topological polar surface area (TPSA) is 67.7 Å². The van der Waals surface area contributed by atoms with Gasteiger partial charge in [-0.2, -0.15) is 9.35 Å². The van der Waals surface area contributed by atoms with Gasteiger partial charge < -0.3 is 9.64 Å². The molecule has 0 spiro atoms. The highest BCUT2D eigenvalue weighted by molar-refractivity contribution is 7.93. The molecule has 0 N–H and O–H groups in total. The van der Waals surface area contributed by atoms with Crippen LogP contribution in [0.15, 0.2) is 10.4 Å². The van der Waals surface area contributed by atoms with Gasteiger partial charge in [0.25, 0.3) is 0 Å². The van der Waals surface area contributed by atoms with E-state index >= 15 is 0 Å². The summed E-state index contributed by atoms with van der Waals surface area (Å²) in [7, 11) is -2.24. The molecule has 1 aromatic heterocycles. The molecule has 2 atom stereocenters. The van der Waals surface area contributed by atoms with Crippen LogP contribution in [0, 0.1) is 0 Å². The molecule has 1 saturated heterocycles. The van der Waals surface area contributed by atoms with Crippen molar-refractivity contribution in [3.05, 3.63) is 11.3 Å². The first kappa shape index (κ1) is 15.0. The Morgan fingerprint density at radius 3 is 2.90 bits per heavy atom. The van der Waals surface area contributed by atoms with Crippen molar-refractivity contribution >= 4 is 33.0 Å². The molecule has 2 heterocycles. The fourth-order valence-corrected chi connectivity index (χ4v) is 4.22. The van der Waals surface area contributed by atoms with Crippen LogP contribution in [0.2, 0.25) is 5.28 Å². The van der Waals surface area contributed by atoms with Crippen molar-refractivity contribution in [2.75, 3.05) is 30.9 Å². The number of rotatable bonds is 3. The third-order valence-corrected chi connectivity index (χ3v) is 6.18. The summed E-state index contributed by atoms with van der Waals surface area (Å²) >= 11 is 6.01. The van der Waals surface area contributed by atoms with Crippen molar-refractivity contribution in [3.8, 4) is 0 Å². The normalized spacial score (nSPS) is 25.5. The SMILES string of the molecule is CC1COCCN1c1cc(N=S(C)(=O)C2CC2)nc(Cl)n1. The van der Waals surface area contributed by atoms with Crippen molar-refractivity contribution in [1.29, 1.82) is 0 Å². The molecule has 1 aromatic rings. The molecule has 1 aliphatic heterocycles. The van der Waals surface area contributed by atoms with Crippen LogP contribution in [0.5, 0.6) is 0 Å². The van der Waals surface area contributed by atoms with Gasteiger partial charge in [0, 0.05) is 24.1 Å². The number of hydrogen-bond acceptors (Lipinski definition) is 6. The molecule has 0 amide bonds. The van der Waals surface area contributed by atoms with Gasteiger partial charge in [0.05, 0.1) is 29.0 Å². The fraction of sp³-hybridized carbons (Fsp3) is 0.692. The summed E-state index contributed by atoms with van der Waals surface area (Å²) in [5.74, 6) is 1.12. The minimum absolute atomic E-state index is 0.135. The third kappa shape index (κ3) is 3.46. The van der Waals surface area contributed by atoms with Crippen molar-refractivity contribution < 1.29 is 8.95 Å². The zero-order valence-corrected chi connectivity index (χ0v) is 13.7. The van der Waals surface area contributed by atoms with E-state index in [9.17, 15) is 4.21 Å². The Kier molecular flexibility index (Phi) is 4.07. The fourth-order valence-electron chi connectivity index (χ4n) is 2.42. The van der Waals surface area contributed by atoms with Crippen LogP contribution in [0.25, 0.3) is 0 Å². The smallest absolute Gasteiger partial charge is 0.226 e. The minimum Gasteiger partial charge on any atom is -0.377 e. The Morgan fingerprint density at radius 2 is 2.24 bits per heavy atom. The van der Waals surface area contributed by atoms with Gasteiger partial charge >= 0.3 is 0 Å². The number of ether oxygens (including phenoxy) is 1. The maximum Gasteiger partial charge on any atom is 0.226 e. The first-order chi connectivity index (χ1) is 9.95. The van der Waals surface area contributed by atoms with Crippen molar-refractivity contribution in [3.63, 3.8) is 0 Å². The Balaban J connectivity index is 1.94. The Hall–Kier alpha value is -0.920. The molecular weight excluding hydrogens is 312 g/mol. The first-order valence-corrected chi connectivity index (χ1v) is 9.42. The predicted octanol–water partition coefficient (Wildman–Crippen LogP) is 2.25. The summed E-state index contributed by atoms with van der Waals surface area (Å²) in [6.07, 6.45) is 3.65. The number of aromatic nitrogens is 2. The highest BCUT2D eigenvalue weighted by atomic mass is 35.5. The van der Waals surface area contributed by atoms with Crippen LogP contribution in [-0.2, 0) is 14.5 Å². The first-order valence-electron chi connectivity index (χ1n) is 7.06. The van der Waals surface area contributed by atoms with E-state index in [0.29, 0.717) is 19.0 Å². The number of hydrogen-bond donors (Lipinski definition) is 0. The molecule has 0 aromatic carbocycles. The largest absolute Gasteiger partial charge is 0.377 e. The number of halogens is 1. The third-order valence-electron chi connectivity index (χ3n) is 3.75. The molecule has 0 bridgehead atoms. The molecule has 0 radical (unpaired) electrons. The van der Waals surface area contributed by atoms with Gasteiger partial charge in [-0.3, -0.25) is 0 Å². The zero-order chi connectivity index (χ0) is 15.0. The molecule has 21 heavy (non-hydrogen) atoms. The van der Waals surface area contributed by atoms with Gasteiger partial charge in [-0.25, -0.2) is 9.19 Å². The molecule has 6 nitrogen and oxygen atoms in total. The van der Waals surface area contributed by atoms with E-state index in [2.05, 4.69) is 26.2 Å². The molecule has 2 aliphatic rings. The lowest BCUT2D eigenvalue weighted by Gasteiger charge is -2.34. The molecule has 2 fully saturated rings. The Bertz CT molecular complexity index is 656. The molecule has 2 unspecified atom stereocenters. The maximum absolute atomic E-state index is 12.5. The second-order valence-corrected chi connectivity index (χ2v) is 8.53. The molecular formula is C13H19ClN4O2S. The lowest BCUT2D eigenvalue weighted by molar-refractivity contribution is 0.0985. The molecule has 3 rings (SSSR count). The summed E-state index contributed by atoms with van der Waals surface area (Å²) in [4.78, 5) is 10.5. The highest BCUT2D eigenvalue weighted by Crippen LogP contribution is 2.32. The average molecular weight is 331 g/mol. The maximum atomic E-state index is 12.5. The molecule has 1 saturated carbocycles. The van der Waals surface area contributed by atoms with Crippen LogP contribution < -0.4 is 4.90 Å². The van der Waals surface area contributed by atoms with Gasteiger partial charge in [-0.05, 0) is 31.4 Å². The Morgan fingerprint density at radius 1 is 1.48 bits per heavy atom. The van der Waals surface area contributed by atoms with Gasteiger partial charge in [-0.15, -0.1) is 0 Å². The van der Waals surface area contributed by atoms with Crippen LogP contribution in [-0.4, -0.2) is 51.5 Å². The van der Waals surface area contributed by atoms with E-state index in [0.717, 1.165) is 25.2 Å². The summed E-state index contributed by atoms with van der Waals surface area (Å²) in [5.41, 5.74) is 0. The van der Waals surface area contributed by atoms with Crippen molar-refractivity contribution in [2.24, 2.45) is 4.36 Å². The summed E-state index contributed by atoms with van der Waals surface area (Å²) in [6.45, 7) is 4.13. The average Bonchev–Trinajstić information content (AvgIpc) is 3.22. The zero-order valence-electron chi connectivity index (χ0n) is 12.2. The van der Waals surface area contributed by atoms with Crippen molar-refractivity contribution in [1.82, 2.24) is 9.97 Å². The second kappa shape index (κ2) is 5.70. The van der Waals surface area contributed by atoms with Crippen LogP contribution in [0.3, 0.4) is 0 Å². The van der Waals surface area contributed by atoms with E-state index in [1.807, 2.05) is 0 Å². The standard InChI is InChI=1S/C13H19ClN4O2S/c1-9-8-20-6-5-18(9)12-7-11(15-13(14)16-12)17-21(2,19)10-3-4-10/h7,9-10H,3-6,8H2,1-2H3. The predicted molar refractivity (Wildman–Crippen MR) is 83.8 cm³/mol. The number of anilines is 1. The summed E-state index contributed by atoms with van der Waals surface area (Å²) < 4.78 is 22.2. The van der Waals surface area contributed by atoms with Gasteiger partial charge in [-0.1, -0.05) is 0 Å². The minimum atomic E-state index is -2.24. The lowest BCUT2D eigenvalue weighted by Crippen LogP contribution is -2.44. The van der Waals surface area contributed by atoms with E-state index in [-0.39, 0.29) is 16.6 Å². The number of morpholine rings is 1. The van der Waals surface area contributed by atoms with E-state index in [4.69, 9.17) is 16.3 Å².